The zero-order valence-electron chi connectivity index (χ0n) is 11.1. The molecule has 100 valence electrons. The molecule has 0 aliphatic carbocycles. The molecule has 0 unspecified atom stereocenters. The number of nitrogens with zero attached hydrogens (tertiary/aromatic N) is 3. The van der Waals surface area contributed by atoms with Crippen LogP contribution < -0.4 is 11.3 Å². The number of fused-ring (bicyclic) bond motifs is 1. The Morgan fingerprint density at radius 2 is 1.95 bits per heavy atom. The van der Waals surface area contributed by atoms with Crippen molar-refractivity contribution < 1.29 is 0 Å². The fraction of sp³-hybridized carbons (Fsp3) is 0.133. The molecule has 0 aliphatic heterocycles. The van der Waals surface area contributed by atoms with Gasteiger partial charge in [-0.25, -0.2) is 9.97 Å². The van der Waals surface area contributed by atoms with Gasteiger partial charge in [-0.2, -0.15) is 0 Å². The molecule has 0 saturated heterocycles. The Morgan fingerprint density at radius 1 is 1.15 bits per heavy atom. The van der Waals surface area contributed by atoms with Crippen LogP contribution in [0.2, 0.25) is 0 Å². The van der Waals surface area contributed by atoms with Gasteiger partial charge in [-0.1, -0.05) is 18.2 Å². The van der Waals surface area contributed by atoms with Crippen molar-refractivity contribution in [2.45, 2.75) is 13.5 Å². The van der Waals surface area contributed by atoms with Gasteiger partial charge in [0.25, 0.3) is 5.56 Å². The van der Waals surface area contributed by atoms with Gasteiger partial charge in [0.05, 0.1) is 12.1 Å². The summed E-state index contributed by atoms with van der Waals surface area (Å²) in [5.41, 5.74) is 7.31. The Labute approximate surface area is 115 Å². The van der Waals surface area contributed by atoms with Crippen molar-refractivity contribution in [3.8, 4) is 0 Å². The molecule has 0 amide bonds. The number of anilines is 1. The predicted octanol–water partition coefficient (Wildman–Crippen LogP) is 1.73. The Balaban J connectivity index is 2.15. The van der Waals surface area contributed by atoms with E-state index in [1.807, 2.05) is 37.3 Å². The first-order valence-corrected chi connectivity index (χ1v) is 6.32. The second-order valence-electron chi connectivity index (χ2n) is 4.67. The van der Waals surface area contributed by atoms with Crippen LogP contribution in [0.15, 0.2) is 47.3 Å². The third-order valence-electron chi connectivity index (χ3n) is 3.12. The van der Waals surface area contributed by atoms with Gasteiger partial charge in [-0.05, 0) is 24.4 Å². The lowest BCUT2D eigenvalue weighted by Crippen LogP contribution is -2.21. The maximum atomic E-state index is 12.1. The molecule has 0 fully saturated rings. The molecule has 5 nitrogen and oxygen atoms in total. The fourth-order valence-electron chi connectivity index (χ4n) is 2.28. The van der Waals surface area contributed by atoms with E-state index in [1.165, 1.54) is 0 Å². The lowest BCUT2D eigenvalue weighted by atomic mass is 10.2. The van der Waals surface area contributed by atoms with Crippen LogP contribution in [0, 0.1) is 6.92 Å². The molecule has 3 aromatic rings. The summed E-state index contributed by atoms with van der Waals surface area (Å²) in [6.07, 6.45) is 0. The zero-order chi connectivity index (χ0) is 14.1. The van der Waals surface area contributed by atoms with E-state index in [1.54, 1.807) is 16.7 Å². The number of nitrogens with two attached hydrogens (primary N) is 1. The fourth-order valence-corrected chi connectivity index (χ4v) is 2.28. The van der Waals surface area contributed by atoms with Crippen LogP contribution in [0.5, 0.6) is 0 Å². The molecule has 1 aromatic carbocycles. The third kappa shape index (κ3) is 2.25. The second kappa shape index (κ2) is 4.77. The van der Waals surface area contributed by atoms with Crippen LogP contribution >= 0.6 is 0 Å². The number of hydrogen-bond donors (Lipinski definition) is 1. The molecule has 0 atom stereocenters. The number of benzene rings is 1. The molecule has 0 bridgehead atoms. The van der Waals surface area contributed by atoms with Gasteiger partial charge >= 0.3 is 0 Å². The molecule has 0 aliphatic rings. The highest BCUT2D eigenvalue weighted by molar-refractivity contribution is 5.78. The third-order valence-corrected chi connectivity index (χ3v) is 3.12. The Bertz CT molecular complexity index is 818. The van der Waals surface area contributed by atoms with Crippen molar-refractivity contribution in [3.63, 3.8) is 0 Å². The molecular weight excluding hydrogens is 252 g/mol. The van der Waals surface area contributed by atoms with Gasteiger partial charge in [0.15, 0.2) is 5.82 Å². The molecule has 2 N–H and O–H groups in total. The lowest BCUT2D eigenvalue weighted by Gasteiger charge is -2.09. The summed E-state index contributed by atoms with van der Waals surface area (Å²) in [5, 5.41) is 1.01. The summed E-state index contributed by atoms with van der Waals surface area (Å²) >= 11 is 0. The van der Waals surface area contributed by atoms with E-state index in [9.17, 15) is 4.79 Å². The largest absolute Gasteiger partial charge is 0.384 e. The predicted molar refractivity (Wildman–Crippen MR) is 78.5 cm³/mol. The van der Waals surface area contributed by atoms with E-state index < -0.39 is 0 Å². The number of aryl methyl sites for hydroxylation is 1. The lowest BCUT2D eigenvalue weighted by molar-refractivity contribution is 0.739. The van der Waals surface area contributed by atoms with Crippen molar-refractivity contribution in [1.29, 1.82) is 0 Å². The number of aromatic nitrogens is 3. The zero-order valence-corrected chi connectivity index (χ0v) is 11.1. The van der Waals surface area contributed by atoms with E-state index in [-0.39, 0.29) is 5.56 Å². The first-order valence-electron chi connectivity index (χ1n) is 6.32. The Morgan fingerprint density at radius 3 is 2.75 bits per heavy atom. The van der Waals surface area contributed by atoms with Gasteiger partial charge in [0.2, 0.25) is 0 Å². The summed E-state index contributed by atoms with van der Waals surface area (Å²) in [6, 6.07) is 12.8. The van der Waals surface area contributed by atoms with E-state index in [0.29, 0.717) is 18.2 Å². The average molecular weight is 266 g/mol. The van der Waals surface area contributed by atoms with Crippen molar-refractivity contribution in [2.24, 2.45) is 0 Å². The highest BCUT2D eigenvalue weighted by Crippen LogP contribution is 2.12. The molecule has 5 heteroatoms. The van der Waals surface area contributed by atoms with E-state index in [0.717, 1.165) is 16.6 Å². The van der Waals surface area contributed by atoms with Crippen LogP contribution in [0.3, 0.4) is 0 Å². The highest BCUT2D eigenvalue weighted by atomic mass is 16.1. The normalized spacial score (nSPS) is 10.8. The quantitative estimate of drug-likeness (QED) is 0.766. The molecule has 2 heterocycles. The van der Waals surface area contributed by atoms with Gasteiger partial charge in [-0.3, -0.25) is 4.79 Å². The minimum absolute atomic E-state index is 0.0765. The molecule has 2 aromatic heterocycles. The van der Waals surface area contributed by atoms with Crippen LogP contribution in [-0.2, 0) is 6.54 Å². The highest BCUT2D eigenvalue weighted by Gasteiger charge is 2.06. The monoisotopic (exact) mass is 266 g/mol. The van der Waals surface area contributed by atoms with Gasteiger partial charge < -0.3 is 10.3 Å². The van der Waals surface area contributed by atoms with Crippen LogP contribution in [0.4, 0.5) is 5.82 Å². The first-order chi connectivity index (χ1) is 9.63. The summed E-state index contributed by atoms with van der Waals surface area (Å²) in [6.45, 7) is 2.17. The average Bonchev–Trinajstić information content (AvgIpc) is 2.41. The van der Waals surface area contributed by atoms with Crippen molar-refractivity contribution in [3.05, 3.63) is 64.3 Å². The van der Waals surface area contributed by atoms with Gasteiger partial charge in [-0.15, -0.1) is 0 Å². The van der Waals surface area contributed by atoms with E-state index >= 15 is 0 Å². The molecule has 0 saturated carbocycles. The van der Waals surface area contributed by atoms with Gasteiger partial charge in [0.1, 0.15) is 5.82 Å². The Kier molecular flexibility index (Phi) is 2.95. The molecule has 20 heavy (non-hydrogen) atoms. The standard InChI is InChI=1S/C15H14N4O/c1-10-8-13(16)18-14(17-10)9-19-12-5-3-2-4-11(12)6-7-15(19)20/h2-8H,9H2,1H3,(H2,16,17,18). The van der Waals surface area contributed by atoms with Crippen LogP contribution in [-0.4, -0.2) is 14.5 Å². The number of para-hydroxylation sites is 1. The Hall–Kier alpha value is -2.69. The van der Waals surface area contributed by atoms with Crippen LogP contribution in [0.25, 0.3) is 10.9 Å². The maximum Gasteiger partial charge on any atom is 0.251 e. The topological polar surface area (TPSA) is 73.8 Å². The van der Waals surface area contributed by atoms with Crippen LogP contribution in [0.1, 0.15) is 11.5 Å². The molecule has 0 radical (unpaired) electrons. The van der Waals surface area contributed by atoms with Crippen molar-refractivity contribution in [2.75, 3.05) is 5.73 Å². The number of pyridine rings is 1. The van der Waals surface area contributed by atoms with E-state index in [4.69, 9.17) is 5.73 Å². The molecule has 3 rings (SSSR count). The number of rotatable bonds is 2. The number of hydrogen-bond acceptors (Lipinski definition) is 4. The molecular formula is C15H14N4O. The van der Waals surface area contributed by atoms with Crippen molar-refractivity contribution in [1.82, 2.24) is 14.5 Å². The smallest absolute Gasteiger partial charge is 0.251 e. The summed E-state index contributed by atoms with van der Waals surface area (Å²) in [4.78, 5) is 20.6. The number of nitrogen functional groups attached to an aromatic ring is 1. The minimum atomic E-state index is -0.0765. The second-order valence-corrected chi connectivity index (χ2v) is 4.67. The maximum absolute atomic E-state index is 12.1. The molecule has 0 spiro atoms. The van der Waals surface area contributed by atoms with E-state index in [2.05, 4.69) is 9.97 Å². The summed E-state index contributed by atoms with van der Waals surface area (Å²) in [5.74, 6) is 0.960. The SMILES string of the molecule is Cc1cc(N)nc(Cn2c(=O)ccc3ccccc32)n1. The minimum Gasteiger partial charge on any atom is -0.384 e. The summed E-state index contributed by atoms with van der Waals surface area (Å²) in [7, 11) is 0. The van der Waals surface area contributed by atoms with Crippen molar-refractivity contribution >= 4 is 16.7 Å². The summed E-state index contributed by atoms with van der Waals surface area (Å²) < 4.78 is 1.66. The first kappa shape index (κ1) is 12.3. The van der Waals surface area contributed by atoms with Gasteiger partial charge in [0, 0.05) is 17.8 Å².